The van der Waals surface area contributed by atoms with Crippen molar-refractivity contribution in [3.8, 4) is 11.3 Å². The molecule has 0 spiro atoms. The van der Waals surface area contributed by atoms with Crippen LogP contribution in [0, 0.1) is 16.0 Å². The molecule has 35 heavy (non-hydrogen) atoms. The average molecular weight is 582 g/mol. The summed E-state index contributed by atoms with van der Waals surface area (Å²) in [5.41, 5.74) is 3.14. The van der Waals surface area contributed by atoms with Gasteiger partial charge in [0.1, 0.15) is 17.6 Å². The average Bonchev–Trinajstić information content (AvgIpc) is 3.25. The summed E-state index contributed by atoms with van der Waals surface area (Å²) in [6, 6.07) is 11.2. The lowest BCUT2D eigenvalue weighted by molar-refractivity contribution is -0.384. The van der Waals surface area contributed by atoms with Crippen LogP contribution < -0.4 is 10.7 Å². The van der Waals surface area contributed by atoms with Crippen LogP contribution in [0.5, 0.6) is 0 Å². The number of halogens is 3. The Kier molecular flexibility index (Phi) is 8.66. The summed E-state index contributed by atoms with van der Waals surface area (Å²) in [6.07, 6.45) is 1.30. The predicted molar refractivity (Wildman–Crippen MR) is 137 cm³/mol. The normalized spacial score (nSPS) is 12.1. The molecule has 3 rings (SSSR count). The lowest BCUT2D eigenvalue weighted by Gasteiger charge is -2.20. The van der Waals surface area contributed by atoms with Crippen LogP contribution in [0.3, 0.4) is 0 Å². The van der Waals surface area contributed by atoms with E-state index in [9.17, 15) is 19.7 Å². The van der Waals surface area contributed by atoms with Gasteiger partial charge in [0, 0.05) is 27.2 Å². The summed E-state index contributed by atoms with van der Waals surface area (Å²) in [5.74, 6) is -0.501. The smallest absolute Gasteiger partial charge is 0.270 e. The molecule has 0 bridgehead atoms. The van der Waals surface area contributed by atoms with E-state index < -0.39 is 22.8 Å². The third kappa shape index (κ3) is 6.68. The molecule has 9 nitrogen and oxygen atoms in total. The van der Waals surface area contributed by atoms with Crippen LogP contribution in [-0.2, 0) is 4.79 Å². The molecule has 0 aliphatic heterocycles. The zero-order chi connectivity index (χ0) is 25.7. The molecule has 0 fully saturated rings. The van der Waals surface area contributed by atoms with E-state index in [1.165, 1.54) is 36.5 Å². The Hall–Kier alpha value is -3.21. The highest BCUT2D eigenvalue weighted by Crippen LogP contribution is 2.32. The van der Waals surface area contributed by atoms with Gasteiger partial charge in [-0.1, -0.05) is 37.0 Å². The number of hydrogen-bond donors (Lipinski definition) is 2. The number of furan rings is 1. The van der Waals surface area contributed by atoms with E-state index in [4.69, 9.17) is 27.6 Å². The number of hydrazone groups is 1. The number of nitrogens with zero attached hydrogens (tertiary/aromatic N) is 2. The van der Waals surface area contributed by atoms with Crippen LogP contribution >= 0.6 is 39.1 Å². The highest BCUT2D eigenvalue weighted by Gasteiger charge is 2.25. The molecular formula is C23H19BrCl2N4O5. The van der Waals surface area contributed by atoms with Gasteiger partial charge < -0.3 is 9.73 Å². The molecule has 1 unspecified atom stereocenters. The largest absolute Gasteiger partial charge is 0.455 e. The fourth-order valence-electron chi connectivity index (χ4n) is 3.04. The first-order chi connectivity index (χ1) is 16.6. The number of hydrogen-bond acceptors (Lipinski definition) is 6. The Labute approximate surface area is 218 Å². The summed E-state index contributed by atoms with van der Waals surface area (Å²) in [5, 5.41) is 18.0. The van der Waals surface area contributed by atoms with Crippen molar-refractivity contribution in [1.82, 2.24) is 10.7 Å². The number of amides is 2. The lowest BCUT2D eigenvalue weighted by Crippen LogP contribution is -2.48. The Morgan fingerprint density at radius 1 is 1.14 bits per heavy atom. The number of carbonyl (C=O) groups is 2. The van der Waals surface area contributed by atoms with Gasteiger partial charge in [0.2, 0.25) is 0 Å². The van der Waals surface area contributed by atoms with Crippen molar-refractivity contribution in [2.45, 2.75) is 19.9 Å². The minimum Gasteiger partial charge on any atom is -0.455 e. The van der Waals surface area contributed by atoms with Crippen molar-refractivity contribution in [3.63, 3.8) is 0 Å². The van der Waals surface area contributed by atoms with Gasteiger partial charge in [-0.25, -0.2) is 5.43 Å². The van der Waals surface area contributed by atoms with Gasteiger partial charge in [-0.3, -0.25) is 19.7 Å². The first-order valence-electron chi connectivity index (χ1n) is 10.2. The molecule has 2 amide bonds. The van der Waals surface area contributed by atoms with Crippen LogP contribution in [0.2, 0.25) is 10.0 Å². The maximum absolute atomic E-state index is 12.7. The molecule has 2 N–H and O–H groups in total. The summed E-state index contributed by atoms with van der Waals surface area (Å²) >= 11 is 15.3. The number of rotatable bonds is 8. The predicted octanol–water partition coefficient (Wildman–Crippen LogP) is 5.83. The Balaban J connectivity index is 1.66. The van der Waals surface area contributed by atoms with Crippen molar-refractivity contribution in [1.29, 1.82) is 0 Å². The van der Waals surface area contributed by atoms with Gasteiger partial charge in [-0.05, 0) is 58.2 Å². The Morgan fingerprint density at radius 3 is 2.51 bits per heavy atom. The Morgan fingerprint density at radius 2 is 1.89 bits per heavy atom. The maximum Gasteiger partial charge on any atom is 0.270 e. The number of nitro groups is 1. The molecule has 0 aliphatic carbocycles. The molecule has 1 atom stereocenters. The zero-order valence-corrected chi connectivity index (χ0v) is 21.5. The van der Waals surface area contributed by atoms with Gasteiger partial charge in [0.25, 0.3) is 17.5 Å². The second-order valence-electron chi connectivity index (χ2n) is 7.68. The number of carbonyl (C=O) groups excluding carboxylic acids is 2. The van der Waals surface area contributed by atoms with Crippen molar-refractivity contribution < 1.29 is 18.9 Å². The summed E-state index contributed by atoms with van der Waals surface area (Å²) in [6.45, 7) is 3.55. The minimum atomic E-state index is -0.880. The molecular weight excluding hydrogens is 563 g/mol. The molecule has 1 aromatic heterocycles. The lowest BCUT2D eigenvalue weighted by atomic mass is 10.0. The highest BCUT2D eigenvalue weighted by atomic mass is 79.9. The van der Waals surface area contributed by atoms with Crippen LogP contribution in [-0.4, -0.2) is 29.0 Å². The fourth-order valence-corrected chi connectivity index (χ4v) is 4.10. The van der Waals surface area contributed by atoms with Crippen LogP contribution in [0.4, 0.5) is 5.69 Å². The maximum atomic E-state index is 12.7. The van der Waals surface area contributed by atoms with E-state index in [0.29, 0.717) is 26.6 Å². The van der Waals surface area contributed by atoms with Crippen LogP contribution in [0.25, 0.3) is 11.3 Å². The number of nitro benzene ring substituents is 1. The molecule has 2 aromatic carbocycles. The Bertz CT molecular complexity index is 1310. The van der Waals surface area contributed by atoms with Gasteiger partial charge in [0.15, 0.2) is 0 Å². The molecule has 182 valence electrons. The van der Waals surface area contributed by atoms with E-state index in [1.54, 1.807) is 32.0 Å². The molecule has 3 aromatic rings. The van der Waals surface area contributed by atoms with E-state index in [1.807, 2.05) is 0 Å². The number of benzene rings is 2. The van der Waals surface area contributed by atoms with E-state index in [0.717, 1.165) is 0 Å². The second-order valence-corrected chi connectivity index (χ2v) is 9.37. The number of non-ortho nitro benzene ring substituents is 1. The van der Waals surface area contributed by atoms with Gasteiger partial charge in [-0.15, -0.1) is 0 Å². The summed E-state index contributed by atoms with van der Waals surface area (Å²) in [7, 11) is 0. The molecule has 1 heterocycles. The van der Waals surface area contributed by atoms with E-state index in [-0.39, 0.29) is 22.2 Å². The van der Waals surface area contributed by atoms with Crippen molar-refractivity contribution in [2.24, 2.45) is 11.0 Å². The minimum absolute atomic E-state index is 0.0539. The van der Waals surface area contributed by atoms with Gasteiger partial charge >= 0.3 is 0 Å². The van der Waals surface area contributed by atoms with Crippen molar-refractivity contribution in [2.75, 3.05) is 0 Å². The molecule has 0 aliphatic rings. The molecule has 0 saturated carbocycles. The monoisotopic (exact) mass is 580 g/mol. The van der Waals surface area contributed by atoms with E-state index >= 15 is 0 Å². The van der Waals surface area contributed by atoms with Crippen molar-refractivity contribution >= 4 is 62.8 Å². The van der Waals surface area contributed by atoms with Crippen LogP contribution in [0.15, 0.2) is 62.5 Å². The molecule has 0 saturated heterocycles. The zero-order valence-electron chi connectivity index (χ0n) is 18.4. The summed E-state index contributed by atoms with van der Waals surface area (Å²) in [4.78, 5) is 35.7. The van der Waals surface area contributed by atoms with Gasteiger partial charge in [0.05, 0.1) is 21.7 Å². The third-order valence-corrected chi connectivity index (χ3v) is 6.04. The standard InChI is InChI=1S/C23H19BrCl2N4O5/c1-12(2)21(28-22(31)17-6-3-13(25)9-19(17)26)23(32)29-27-11-15-5-8-20(35-15)16-7-4-14(30(33)34)10-18(16)24/h3-12,21H,1-2H3,(H,28,31)(H,29,32). The SMILES string of the molecule is CC(C)C(NC(=O)c1ccc(Cl)cc1Cl)C(=O)NN=Cc1ccc(-c2ccc([N+](=O)[O-])cc2Br)o1. The van der Waals surface area contributed by atoms with Crippen molar-refractivity contribution in [3.05, 3.63) is 84.5 Å². The topological polar surface area (TPSA) is 127 Å². The fraction of sp³-hybridized carbons (Fsp3) is 0.174. The van der Waals surface area contributed by atoms with Crippen LogP contribution in [0.1, 0.15) is 30.0 Å². The van der Waals surface area contributed by atoms with Gasteiger partial charge in [-0.2, -0.15) is 5.10 Å². The first-order valence-corrected chi connectivity index (χ1v) is 11.7. The second kappa shape index (κ2) is 11.5. The third-order valence-electron chi connectivity index (χ3n) is 4.83. The molecule has 0 radical (unpaired) electrons. The first kappa shape index (κ1) is 26.4. The summed E-state index contributed by atoms with van der Waals surface area (Å²) < 4.78 is 6.18. The molecule has 12 heteroatoms. The van der Waals surface area contributed by atoms with E-state index in [2.05, 4.69) is 31.8 Å². The highest BCUT2D eigenvalue weighted by molar-refractivity contribution is 9.10. The quantitative estimate of drug-likeness (QED) is 0.196. The number of nitrogens with one attached hydrogen (secondary N) is 2.